The van der Waals surface area contributed by atoms with Gasteiger partial charge >= 0.3 is 0 Å². The summed E-state index contributed by atoms with van der Waals surface area (Å²) in [5.41, 5.74) is 2.12. The third kappa shape index (κ3) is 4.80. The molecule has 144 valence electrons. The summed E-state index contributed by atoms with van der Waals surface area (Å²) in [4.78, 5) is 16.3. The summed E-state index contributed by atoms with van der Waals surface area (Å²) in [7, 11) is 0. The van der Waals surface area contributed by atoms with Crippen LogP contribution in [0, 0.1) is 5.82 Å². The molecule has 2 aromatic rings. The highest BCUT2D eigenvalue weighted by molar-refractivity contribution is 5.97. The van der Waals surface area contributed by atoms with Crippen molar-refractivity contribution in [2.75, 3.05) is 19.7 Å². The third-order valence-corrected chi connectivity index (χ3v) is 5.27. The number of carbonyl (C=O) groups is 1. The van der Waals surface area contributed by atoms with Gasteiger partial charge in [-0.25, -0.2) is 4.39 Å². The monoisotopic (exact) mass is 370 g/mol. The molecule has 0 spiro atoms. The Morgan fingerprint density at radius 1 is 1.04 bits per heavy atom. The van der Waals surface area contributed by atoms with E-state index in [1.165, 1.54) is 17.7 Å². The summed E-state index contributed by atoms with van der Waals surface area (Å²) in [6, 6.07) is 15.9. The number of carbonyl (C=O) groups excluding carboxylic acids is 1. The van der Waals surface area contributed by atoms with Gasteiger partial charge in [0.2, 0.25) is 0 Å². The SMILES string of the molecule is C[C@@H]1CN(Cc2ccc(C(=O)CO)c(F)c2)C[C@H](C)N1Cc1ccccc1. The molecule has 1 N–H and O–H groups in total. The second-order valence-corrected chi connectivity index (χ2v) is 7.45. The Morgan fingerprint density at radius 2 is 1.70 bits per heavy atom. The van der Waals surface area contributed by atoms with Crippen LogP contribution in [0.4, 0.5) is 4.39 Å². The van der Waals surface area contributed by atoms with Crippen LogP contribution in [0.3, 0.4) is 0 Å². The molecule has 3 rings (SSSR count). The second kappa shape index (κ2) is 8.74. The van der Waals surface area contributed by atoms with Gasteiger partial charge in [-0.1, -0.05) is 36.4 Å². The van der Waals surface area contributed by atoms with Gasteiger partial charge in [-0.15, -0.1) is 0 Å². The molecular formula is C22H27FN2O2. The van der Waals surface area contributed by atoms with Crippen LogP contribution >= 0.6 is 0 Å². The minimum atomic E-state index is -0.672. The smallest absolute Gasteiger partial charge is 0.191 e. The second-order valence-electron chi connectivity index (χ2n) is 7.45. The van der Waals surface area contributed by atoms with Crippen LogP contribution in [-0.4, -0.2) is 52.5 Å². The van der Waals surface area contributed by atoms with E-state index in [0.29, 0.717) is 18.6 Å². The van der Waals surface area contributed by atoms with Crippen molar-refractivity contribution in [3.05, 3.63) is 71.0 Å². The van der Waals surface area contributed by atoms with E-state index in [9.17, 15) is 9.18 Å². The molecule has 5 heteroatoms. The average molecular weight is 370 g/mol. The zero-order chi connectivity index (χ0) is 19.4. The number of benzene rings is 2. The summed E-state index contributed by atoms with van der Waals surface area (Å²) < 4.78 is 14.1. The molecule has 0 aliphatic carbocycles. The highest BCUT2D eigenvalue weighted by Gasteiger charge is 2.29. The Bertz CT molecular complexity index is 769. The van der Waals surface area contributed by atoms with Crippen LogP contribution in [0.15, 0.2) is 48.5 Å². The minimum Gasteiger partial charge on any atom is -0.388 e. The fourth-order valence-corrected chi connectivity index (χ4v) is 3.93. The first-order valence-electron chi connectivity index (χ1n) is 9.42. The van der Waals surface area contributed by atoms with Crippen LogP contribution in [0.2, 0.25) is 0 Å². The minimum absolute atomic E-state index is 0.0457. The summed E-state index contributed by atoms with van der Waals surface area (Å²) in [6.45, 7) is 7.20. The standard InChI is InChI=1S/C22H27FN2O2/c1-16-11-24(12-17(2)25(16)14-18-6-4-3-5-7-18)13-19-8-9-20(21(23)10-19)22(27)15-26/h3-10,16-17,26H,11-15H2,1-2H3/t16-,17+. The van der Waals surface area contributed by atoms with Gasteiger partial charge in [0.25, 0.3) is 0 Å². The Kier molecular flexibility index (Phi) is 6.37. The predicted octanol–water partition coefficient (Wildman–Crippen LogP) is 3.10. The van der Waals surface area contributed by atoms with E-state index in [2.05, 4.69) is 47.9 Å². The molecule has 0 bridgehead atoms. The van der Waals surface area contributed by atoms with E-state index >= 15 is 0 Å². The lowest BCUT2D eigenvalue weighted by molar-refractivity contribution is 0.0290. The fraction of sp³-hybridized carbons (Fsp3) is 0.409. The van der Waals surface area contributed by atoms with E-state index in [-0.39, 0.29) is 5.56 Å². The van der Waals surface area contributed by atoms with E-state index in [1.54, 1.807) is 6.07 Å². The van der Waals surface area contributed by atoms with Crippen molar-refractivity contribution in [2.24, 2.45) is 0 Å². The fourth-order valence-electron chi connectivity index (χ4n) is 3.93. The molecule has 1 heterocycles. The molecule has 2 aromatic carbocycles. The van der Waals surface area contributed by atoms with Crippen LogP contribution < -0.4 is 0 Å². The van der Waals surface area contributed by atoms with E-state index in [0.717, 1.165) is 25.2 Å². The normalized spacial score (nSPS) is 21.3. The number of rotatable bonds is 6. The number of ketones is 1. The topological polar surface area (TPSA) is 43.8 Å². The van der Waals surface area contributed by atoms with Crippen molar-refractivity contribution in [1.82, 2.24) is 9.80 Å². The zero-order valence-electron chi connectivity index (χ0n) is 15.9. The number of Topliss-reactive ketones (excluding diaryl/α,β-unsaturated/α-hetero) is 1. The van der Waals surface area contributed by atoms with Crippen molar-refractivity contribution in [3.8, 4) is 0 Å². The number of nitrogens with zero attached hydrogens (tertiary/aromatic N) is 2. The van der Waals surface area contributed by atoms with Crippen LogP contribution in [0.25, 0.3) is 0 Å². The van der Waals surface area contributed by atoms with E-state index in [4.69, 9.17) is 5.11 Å². The number of aliphatic hydroxyl groups excluding tert-OH is 1. The molecule has 1 aliphatic heterocycles. The quantitative estimate of drug-likeness (QED) is 0.794. The molecule has 1 saturated heterocycles. The molecule has 1 aliphatic rings. The average Bonchev–Trinajstić information content (AvgIpc) is 2.65. The Balaban J connectivity index is 1.63. The Labute approximate surface area is 160 Å². The maximum absolute atomic E-state index is 14.1. The van der Waals surface area contributed by atoms with E-state index < -0.39 is 18.2 Å². The van der Waals surface area contributed by atoms with Crippen molar-refractivity contribution >= 4 is 5.78 Å². The summed E-state index contributed by atoms with van der Waals surface area (Å²) >= 11 is 0. The third-order valence-electron chi connectivity index (χ3n) is 5.27. The largest absolute Gasteiger partial charge is 0.388 e. The van der Waals surface area contributed by atoms with Gasteiger partial charge in [-0.3, -0.25) is 14.6 Å². The molecule has 0 aromatic heterocycles. The molecule has 0 amide bonds. The van der Waals surface area contributed by atoms with Gasteiger partial charge in [-0.05, 0) is 37.1 Å². The van der Waals surface area contributed by atoms with Crippen LogP contribution in [0.5, 0.6) is 0 Å². The molecule has 0 saturated carbocycles. The lowest BCUT2D eigenvalue weighted by Crippen LogP contribution is -2.55. The Hall–Kier alpha value is -2.08. The molecule has 2 atom stereocenters. The number of halogens is 1. The zero-order valence-corrected chi connectivity index (χ0v) is 15.9. The first-order valence-corrected chi connectivity index (χ1v) is 9.42. The van der Waals surface area contributed by atoms with Gasteiger partial charge < -0.3 is 5.11 Å². The predicted molar refractivity (Wildman–Crippen MR) is 104 cm³/mol. The molecule has 0 radical (unpaired) electrons. The highest BCUT2D eigenvalue weighted by atomic mass is 19.1. The van der Waals surface area contributed by atoms with Gasteiger partial charge in [0, 0.05) is 38.3 Å². The number of piperazine rings is 1. The van der Waals surface area contributed by atoms with Gasteiger partial charge in [0.1, 0.15) is 12.4 Å². The molecular weight excluding hydrogens is 343 g/mol. The molecule has 0 unspecified atom stereocenters. The van der Waals surface area contributed by atoms with Gasteiger partial charge in [0.15, 0.2) is 5.78 Å². The van der Waals surface area contributed by atoms with Gasteiger partial charge in [0.05, 0.1) is 5.56 Å². The number of hydrogen-bond donors (Lipinski definition) is 1. The summed E-state index contributed by atoms with van der Waals surface area (Å²) in [5.74, 6) is -1.15. The highest BCUT2D eigenvalue weighted by Crippen LogP contribution is 2.21. The lowest BCUT2D eigenvalue weighted by atomic mass is 10.0. The molecule has 1 fully saturated rings. The summed E-state index contributed by atoms with van der Waals surface area (Å²) in [6.07, 6.45) is 0. The maximum atomic E-state index is 14.1. The summed E-state index contributed by atoms with van der Waals surface area (Å²) in [5, 5.41) is 8.90. The van der Waals surface area contributed by atoms with Crippen molar-refractivity contribution in [2.45, 2.75) is 39.0 Å². The van der Waals surface area contributed by atoms with Crippen molar-refractivity contribution < 1.29 is 14.3 Å². The van der Waals surface area contributed by atoms with Gasteiger partial charge in [-0.2, -0.15) is 0 Å². The Morgan fingerprint density at radius 3 is 2.30 bits per heavy atom. The first-order chi connectivity index (χ1) is 13.0. The van der Waals surface area contributed by atoms with Crippen molar-refractivity contribution in [1.29, 1.82) is 0 Å². The molecule has 4 nitrogen and oxygen atoms in total. The van der Waals surface area contributed by atoms with Crippen LogP contribution in [-0.2, 0) is 13.1 Å². The van der Waals surface area contributed by atoms with Crippen LogP contribution in [0.1, 0.15) is 35.3 Å². The maximum Gasteiger partial charge on any atom is 0.191 e. The molecule has 27 heavy (non-hydrogen) atoms. The number of aliphatic hydroxyl groups is 1. The number of hydrogen-bond acceptors (Lipinski definition) is 4. The van der Waals surface area contributed by atoms with E-state index in [1.807, 2.05) is 6.07 Å². The first kappa shape index (κ1) is 19.7. The lowest BCUT2D eigenvalue weighted by Gasteiger charge is -2.44. The van der Waals surface area contributed by atoms with Crippen molar-refractivity contribution in [3.63, 3.8) is 0 Å².